The second-order valence-corrected chi connectivity index (χ2v) is 6.01. The molecule has 0 spiro atoms. The maximum atomic E-state index is 12.3. The Morgan fingerprint density at radius 2 is 1.96 bits per heavy atom. The fourth-order valence-corrected chi connectivity index (χ4v) is 2.78. The van der Waals surface area contributed by atoms with Crippen molar-refractivity contribution in [3.8, 4) is 17.0 Å². The van der Waals surface area contributed by atoms with E-state index in [2.05, 4.69) is 20.6 Å². The van der Waals surface area contributed by atoms with Gasteiger partial charge in [-0.3, -0.25) is 4.79 Å². The first-order chi connectivity index (χ1) is 13.2. The number of carbonyl (C=O) groups is 1. The average Bonchev–Trinajstić information content (AvgIpc) is 3.16. The summed E-state index contributed by atoms with van der Waals surface area (Å²) in [6.07, 6.45) is 1.84. The van der Waals surface area contributed by atoms with Gasteiger partial charge in [0.15, 0.2) is 5.65 Å². The summed E-state index contributed by atoms with van der Waals surface area (Å²) in [5.74, 6) is 0.655. The lowest BCUT2D eigenvalue weighted by molar-refractivity contribution is -0.115. The van der Waals surface area contributed by atoms with E-state index in [0.29, 0.717) is 5.65 Å². The number of nitrogens with one attached hydrogen (secondary N) is 1. The van der Waals surface area contributed by atoms with Gasteiger partial charge in [-0.05, 0) is 42.0 Å². The number of hydrogen-bond acceptors (Lipinski definition) is 5. The molecule has 0 fully saturated rings. The number of aromatic nitrogens is 4. The first kappa shape index (κ1) is 16.7. The second-order valence-electron chi connectivity index (χ2n) is 6.01. The molecule has 4 rings (SSSR count). The first-order valence-corrected chi connectivity index (χ1v) is 8.41. The van der Waals surface area contributed by atoms with E-state index in [1.54, 1.807) is 18.0 Å². The minimum atomic E-state index is -0.0833. The lowest BCUT2D eigenvalue weighted by atomic mass is 10.1. The van der Waals surface area contributed by atoms with Gasteiger partial charge in [0.1, 0.15) is 12.1 Å². The number of benzene rings is 2. The molecule has 7 nitrogen and oxygen atoms in total. The molecule has 0 radical (unpaired) electrons. The molecular weight excluding hydrogens is 342 g/mol. The van der Waals surface area contributed by atoms with Crippen LogP contribution in [0.15, 0.2) is 67.0 Å². The number of rotatable bonds is 5. The van der Waals surface area contributed by atoms with Gasteiger partial charge in [-0.25, -0.2) is 0 Å². The third kappa shape index (κ3) is 3.77. The van der Waals surface area contributed by atoms with Crippen LogP contribution in [0.5, 0.6) is 5.75 Å². The third-order valence-corrected chi connectivity index (χ3v) is 4.12. The molecule has 0 aliphatic heterocycles. The maximum Gasteiger partial charge on any atom is 0.228 e. The van der Waals surface area contributed by atoms with Gasteiger partial charge in [0.2, 0.25) is 5.91 Å². The quantitative estimate of drug-likeness (QED) is 0.592. The van der Waals surface area contributed by atoms with Crippen LogP contribution in [0, 0.1) is 0 Å². The van der Waals surface area contributed by atoms with Gasteiger partial charge in [-0.15, -0.1) is 10.2 Å². The molecule has 27 heavy (non-hydrogen) atoms. The van der Waals surface area contributed by atoms with E-state index in [1.165, 1.54) is 0 Å². The predicted octanol–water partition coefficient (Wildman–Crippen LogP) is 2.98. The number of methoxy groups -OCH3 is 1. The Hall–Kier alpha value is -3.74. The van der Waals surface area contributed by atoms with Crippen molar-refractivity contribution in [2.75, 3.05) is 12.4 Å². The SMILES string of the molecule is COc1cccc(CC(=O)Nc2ccc(-c3ccc4nncn4n3)cc2)c1. The van der Waals surface area contributed by atoms with Crippen molar-refractivity contribution in [1.82, 2.24) is 19.8 Å². The lowest BCUT2D eigenvalue weighted by Gasteiger charge is -2.08. The summed E-state index contributed by atoms with van der Waals surface area (Å²) < 4.78 is 6.81. The zero-order valence-electron chi connectivity index (χ0n) is 14.7. The van der Waals surface area contributed by atoms with E-state index in [0.717, 1.165) is 28.3 Å². The van der Waals surface area contributed by atoms with E-state index < -0.39 is 0 Å². The van der Waals surface area contributed by atoms with E-state index >= 15 is 0 Å². The fraction of sp³-hybridized carbons (Fsp3) is 0.100. The molecule has 7 heteroatoms. The normalized spacial score (nSPS) is 10.7. The standard InChI is InChI=1S/C20H17N5O2/c1-27-17-4-2-3-14(11-17)12-20(26)22-16-7-5-15(6-8-16)18-9-10-19-23-21-13-25(19)24-18/h2-11,13H,12H2,1H3,(H,22,26). The molecule has 0 unspecified atom stereocenters. The van der Waals surface area contributed by atoms with Crippen molar-refractivity contribution in [3.63, 3.8) is 0 Å². The van der Waals surface area contributed by atoms with Gasteiger partial charge in [0, 0.05) is 11.3 Å². The van der Waals surface area contributed by atoms with Crippen molar-refractivity contribution in [3.05, 3.63) is 72.6 Å². The Labute approximate surface area is 155 Å². The van der Waals surface area contributed by atoms with Gasteiger partial charge in [-0.1, -0.05) is 24.3 Å². The minimum Gasteiger partial charge on any atom is -0.497 e. The fourth-order valence-electron chi connectivity index (χ4n) is 2.78. The van der Waals surface area contributed by atoms with E-state index in [1.807, 2.05) is 60.7 Å². The van der Waals surface area contributed by atoms with E-state index in [4.69, 9.17) is 4.74 Å². The lowest BCUT2D eigenvalue weighted by Crippen LogP contribution is -2.14. The maximum absolute atomic E-state index is 12.3. The molecule has 1 N–H and O–H groups in total. The minimum absolute atomic E-state index is 0.0833. The largest absolute Gasteiger partial charge is 0.497 e. The molecule has 2 aromatic heterocycles. The summed E-state index contributed by atoms with van der Waals surface area (Å²) in [5, 5.41) is 15.1. The van der Waals surface area contributed by atoms with Gasteiger partial charge < -0.3 is 10.1 Å². The molecule has 134 valence electrons. The number of nitrogens with zero attached hydrogens (tertiary/aromatic N) is 4. The van der Waals surface area contributed by atoms with Gasteiger partial charge in [0.25, 0.3) is 0 Å². The van der Waals surface area contributed by atoms with Crippen LogP contribution >= 0.6 is 0 Å². The summed E-state index contributed by atoms with van der Waals surface area (Å²) in [7, 11) is 1.61. The summed E-state index contributed by atoms with van der Waals surface area (Å²) in [6.45, 7) is 0. The highest BCUT2D eigenvalue weighted by atomic mass is 16.5. The highest BCUT2D eigenvalue weighted by molar-refractivity contribution is 5.92. The van der Waals surface area contributed by atoms with E-state index in [9.17, 15) is 4.79 Å². The molecule has 0 atom stereocenters. The van der Waals surface area contributed by atoms with E-state index in [-0.39, 0.29) is 12.3 Å². The number of amides is 1. The Morgan fingerprint density at radius 1 is 1.11 bits per heavy atom. The van der Waals surface area contributed by atoms with Gasteiger partial charge in [0.05, 0.1) is 19.2 Å². The number of fused-ring (bicyclic) bond motifs is 1. The highest BCUT2D eigenvalue weighted by Gasteiger charge is 2.07. The van der Waals surface area contributed by atoms with Gasteiger partial charge >= 0.3 is 0 Å². The van der Waals surface area contributed by atoms with Crippen LogP contribution in [0.1, 0.15) is 5.56 Å². The van der Waals surface area contributed by atoms with Crippen LogP contribution in [-0.4, -0.2) is 32.8 Å². The van der Waals surface area contributed by atoms with Crippen LogP contribution in [0.3, 0.4) is 0 Å². The van der Waals surface area contributed by atoms with Crippen LogP contribution in [0.4, 0.5) is 5.69 Å². The van der Waals surface area contributed by atoms with Crippen molar-refractivity contribution in [1.29, 1.82) is 0 Å². The zero-order valence-corrected chi connectivity index (χ0v) is 14.7. The van der Waals surface area contributed by atoms with Gasteiger partial charge in [-0.2, -0.15) is 9.61 Å². The van der Waals surface area contributed by atoms with Crippen LogP contribution in [0.2, 0.25) is 0 Å². The third-order valence-electron chi connectivity index (χ3n) is 4.12. The second kappa shape index (κ2) is 7.25. The molecule has 0 saturated heterocycles. The van der Waals surface area contributed by atoms with Crippen LogP contribution < -0.4 is 10.1 Å². The van der Waals surface area contributed by atoms with Crippen molar-refractivity contribution >= 4 is 17.2 Å². The van der Waals surface area contributed by atoms with Crippen molar-refractivity contribution in [2.45, 2.75) is 6.42 Å². The molecule has 0 saturated carbocycles. The Kier molecular flexibility index (Phi) is 4.49. The number of carbonyl (C=O) groups excluding carboxylic acids is 1. The molecule has 4 aromatic rings. The Morgan fingerprint density at radius 3 is 2.78 bits per heavy atom. The molecular formula is C20H17N5O2. The van der Waals surface area contributed by atoms with Crippen molar-refractivity contribution in [2.24, 2.45) is 0 Å². The predicted molar refractivity (Wildman–Crippen MR) is 102 cm³/mol. The number of ether oxygens (including phenoxy) is 1. The molecule has 1 amide bonds. The summed E-state index contributed by atoms with van der Waals surface area (Å²) >= 11 is 0. The summed E-state index contributed by atoms with van der Waals surface area (Å²) in [5.41, 5.74) is 4.07. The molecule has 2 aromatic carbocycles. The molecule has 2 heterocycles. The smallest absolute Gasteiger partial charge is 0.228 e. The average molecular weight is 359 g/mol. The molecule has 0 aliphatic rings. The zero-order chi connectivity index (χ0) is 18.6. The first-order valence-electron chi connectivity index (χ1n) is 8.41. The number of hydrogen-bond donors (Lipinski definition) is 1. The summed E-state index contributed by atoms with van der Waals surface area (Å²) in [6, 6.07) is 18.8. The van der Waals surface area contributed by atoms with Crippen molar-refractivity contribution < 1.29 is 9.53 Å². The summed E-state index contributed by atoms with van der Waals surface area (Å²) in [4.78, 5) is 12.3. The highest BCUT2D eigenvalue weighted by Crippen LogP contribution is 2.20. The number of anilines is 1. The Balaban J connectivity index is 1.44. The topological polar surface area (TPSA) is 81.4 Å². The van der Waals surface area contributed by atoms with Crippen LogP contribution in [0.25, 0.3) is 16.9 Å². The monoisotopic (exact) mass is 359 g/mol. The van der Waals surface area contributed by atoms with Crippen LogP contribution in [-0.2, 0) is 11.2 Å². The molecule has 0 aliphatic carbocycles. The Bertz CT molecular complexity index is 1090. The molecule has 0 bridgehead atoms.